The van der Waals surface area contributed by atoms with Crippen LogP contribution < -0.4 is 10.4 Å². The lowest BCUT2D eigenvalue weighted by atomic mass is 10.2. The molecule has 1 N–H and O–H groups in total. The lowest BCUT2D eigenvalue weighted by Gasteiger charge is -2.26. The van der Waals surface area contributed by atoms with Gasteiger partial charge in [-0.15, -0.1) is 22.7 Å². The van der Waals surface area contributed by atoms with E-state index >= 15 is 0 Å². The lowest BCUT2D eigenvalue weighted by molar-refractivity contribution is 0.571. The molecule has 0 saturated carbocycles. The number of nitrogens with one attached hydrogen (secondary N) is 1. The molecule has 0 unspecified atom stereocenters. The smallest absolute Gasteiger partial charge is 0.151 e. The van der Waals surface area contributed by atoms with Crippen LogP contribution in [-0.4, -0.2) is 0 Å². The highest BCUT2D eigenvalue weighted by molar-refractivity contribution is 7.10. The molecule has 126 valence electrons. The Morgan fingerprint density at radius 3 is 2.56 bits per heavy atom. The molecule has 1 aliphatic heterocycles. The predicted octanol–water partition coefficient (Wildman–Crippen LogP) is 5.75. The van der Waals surface area contributed by atoms with Crippen LogP contribution >= 0.6 is 22.7 Å². The van der Waals surface area contributed by atoms with E-state index in [4.69, 9.17) is 0 Å². The van der Waals surface area contributed by atoms with Crippen LogP contribution in [0.1, 0.15) is 15.8 Å². The molecule has 6 heteroatoms. The average Bonchev–Trinajstić information content (AvgIpc) is 3.34. The maximum Gasteiger partial charge on any atom is 0.151 e. The Bertz CT molecular complexity index is 915. The van der Waals surface area contributed by atoms with E-state index in [0.717, 1.165) is 21.5 Å². The van der Waals surface area contributed by atoms with E-state index < -0.39 is 11.6 Å². The topological polar surface area (TPSA) is 15.3 Å². The summed E-state index contributed by atoms with van der Waals surface area (Å²) in [4.78, 5) is 2.22. The van der Waals surface area contributed by atoms with Gasteiger partial charge in [0.2, 0.25) is 0 Å². The molecule has 3 heterocycles. The van der Waals surface area contributed by atoms with Crippen molar-refractivity contribution >= 4 is 34.4 Å². The number of allylic oxidation sites excluding steroid dienone is 1. The van der Waals surface area contributed by atoms with Gasteiger partial charge in [0.25, 0.3) is 0 Å². The quantitative estimate of drug-likeness (QED) is 0.627. The van der Waals surface area contributed by atoms with Gasteiger partial charge in [0, 0.05) is 15.8 Å². The Labute approximate surface area is 152 Å². The van der Waals surface area contributed by atoms with Gasteiger partial charge in [-0.3, -0.25) is 10.4 Å². The second-order valence-electron chi connectivity index (χ2n) is 5.51. The first kappa shape index (κ1) is 16.1. The van der Waals surface area contributed by atoms with Gasteiger partial charge in [-0.1, -0.05) is 12.1 Å². The van der Waals surface area contributed by atoms with Gasteiger partial charge in [-0.25, -0.2) is 8.78 Å². The Morgan fingerprint density at radius 1 is 1.00 bits per heavy atom. The fourth-order valence-corrected chi connectivity index (χ4v) is 4.10. The lowest BCUT2D eigenvalue weighted by Crippen LogP contribution is -2.34. The van der Waals surface area contributed by atoms with Crippen LogP contribution in [0.5, 0.6) is 0 Å². The third kappa shape index (κ3) is 3.36. The summed E-state index contributed by atoms with van der Waals surface area (Å²) in [6, 6.07) is 11.5. The summed E-state index contributed by atoms with van der Waals surface area (Å²) in [6.45, 7) is 0. The van der Waals surface area contributed by atoms with Crippen molar-refractivity contribution in [2.75, 3.05) is 5.01 Å². The van der Waals surface area contributed by atoms with Crippen molar-refractivity contribution in [3.63, 3.8) is 0 Å². The van der Waals surface area contributed by atoms with E-state index in [1.807, 2.05) is 53.3 Å². The molecule has 4 rings (SSSR count). The first-order chi connectivity index (χ1) is 12.2. The SMILES string of the molecule is Fc1ccc(N2NC(/C=C/c3cccs3)=C[C@H]2c2cccs2)c(F)c1. The minimum absolute atomic E-state index is 0.150. The van der Waals surface area contributed by atoms with Crippen LogP contribution in [0, 0.1) is 11.6 Å². The second kappa shape index (κ2) is 6.82. The zero-order valence-electron chi connectivity index (χ0n) is 13.0. The Hall–Kier alpha value is -2.44. The highest BCUT2D eigenvalue weighted by Gasteiger charge is 2.28. The summed E-state index contributed by atoms with van der Waals surface area (Å²) in [5.41, 5.74) is 4.41. The Kier molecular flexibility index (Phi) is 4.38. The Morgan fingerprint density at radius 2 is 1.84 bits per heavy atom. The fourth-order valence-electron chi connectivity index (χ4n) is 2.70. The van der Waals surface area contributed by atoms with Crippen LogP contribution in [0.15, 0.2) is 71.1 Å². The summed E-state index contributed by atoms with van der Waals surface area (Å²) in [7, 11) is 0. The molecule has 0 saturated heterocycles. The predicted molar refractivity (Wildman–Crippen MR) is 100 cm³/mol. The highest BCUT2D eigenvalue weighted by Crippen LogP contribution is 2.36. The van der Waals surface area contributed by atoms with Gasteiger partial charge in [-0.05, 0) is 53.3 Å². The van der Waals surface area contributed by atoms with E-state index in [1.165, 1.54) is 12.1 Å². The maximum absolute atomic E-state index is 14.3. The molecule has 0 aliphatic carbocycles. The number of hydrazine groups is 1. The summed E-state index contributed by atoms with van der Waals surface area (Å²) >= 11 is 3.25. The minimum Gasteiger partial charge on any atom is -0.298 e. The zero-order valence-corrected chi connectivity index (χ0v) is 14.7. The maximum atomic E-state index is 14.3. The standard InChI is InChI=1S/C19H14F2N2S2/c20-13-5-8-17(16(21)11-13)23-18(19-4-2-10-25-19)12-14(22-23)6-7-15-3-1-9-24-15/h1-12,18,22H/b7-6+/t18-/m0/s1. The largest absolute Gasteiger partial charge is 0.298 e. The van der Waals surface area contributed by atoms with Crippen molar-refractivity contribution in [1.82, 2.24) is 5.43 Å². The minimum atomic E-state index is -0.592. The van der Waals surface area contributed by atoms with E-state index in [-0.39, 0.29) is 6.04 Å². The summed E-state index contributed by atoms with van der Waals surface area (Å²) < 4.78 is 27.6. The first-order valence-corrected chi connectivity index (χ1v) is 9.44. The summed E-state index contributed by atoms with van der Waals surface area (Å²) in [5.74, 6) is -1.18. The summed E-state index contributed by atoms with van der Waals surface area (Å²) in [5, 5.41) is 5.74. The van der Waals surface area contributed by atoms with Gasteiger partial charge in [0.05, 0.1) is 11.4 Å². The van der Waals surface area contributed by atoms with Gasteiger partial charge >= 0.3 is 0 Å². The normalized spacial score (nSPS) is 17.1. The average molecular weight is 372 g/mol. The molecular weight excluding hydrogens is 358 g/mol. The number of hydrogen-bond acceptors (Lipinski definition) is 4. The second-order valence-corrected chi connectivity index (χ2v) is 7.47. The monoisotopic (exact) mass is 372 g/mol. The number of halogens is 2. The molecule has 0 spiro atoms. The Balaban J connectivity index is 1.67. The van der Waals surface area contributed by atoms with E-state index in [1.54, 1.807) is 27.7 Å². The van der Waals surface area contributed by atoms with Gasteiger partial charge in [-0.2, -0.15) is 0 Å². The third-order valence-electron chi connectivity index (χ3n) is 3.84. The van der Waals surface area contributed by atoms with Crippen molar-refractivity contribution in [2.45, 2.75) is 6.04 Å². The first-order valence-electron chi connectivity index (χ1n) is 7.68. The molecule has 1 atom stereocenters. The zero-order chi connectivity index (χ0) is 17.2. The summed E-state index contributed by atoms with van der Waals surface area (Å²) in [6.07, 6.45) is 6.02. The molecule has 0 radical (unpaired) electrons. The van der Waals surface area contributed by atoms with Crippen molar-refractivity contribution in [1.29, 1.82) is 0 Å². The number of nitrogens with zero attached hydrogens (tertiary/aromatic N) is 1. The molecule has 2 aromatic heterocycles. The third-order valence-corrected chi connectivity index (χ3v) is 5.62. The molecule has 25 heavy (non-hydrogen) atoms. The van der Waals surface area contributed by atoms with Crippen molar-refractivity contribution in [3.8, 4) is 0 Å². The number of anilines is 1. The van der Waals surface area contributed by atoms with E-state index in [9.17, 15) is 8.78 Å². The molecule has 3 aromatic rings. The van der Waals surface area contributed by atoms with E-state index in [0.29, 0.717) is 5.69 Å². The van der Waals surface area contributed by atoms with Gasteiger partial charge < -0.3 is 0 Å². The van der Waals surface area contributed by atoms with Crippen LogP contribution in [0.2, 0.25) is 0 Å². The molecule has 1 aliphatic rings. The van der Waals surface area contributed by atoms with Crippen molar-refractivity contribution in [3.05, 3.63) is 92.5 Å². The number of rotatable bonds is 4. The van der Waals surface area contributed by atoms with Gasteiger partial charge in [0.1, 0.15) is 11.9 Å². The van der Waals surface area contributed by atoms with Crippen molar-refractivity contribution < 1.29 is 8.78 Å². The van der Waals surface area contributed by atoms with Crippen LogP contribution in [0.3, 0.4) is 0 Å². The number of hydrogen-bond donors (Lipinski definition) is 1. The molecular formula is C19H14F2N2S2. The molecule has 0 amide bonds. The van der Waals surface area contributed by atoms with Crippen molar-refractivity contribution in [2.24, 2.45) is 0 Å². The number of benzene rings is 1. The highest BCUT2D eigenvalue weighted by atomic mass is 32.1. The molecule has 1 aromatic carbocycles. The van der Waals surface area contributed by atoms with Crippen LogP contribution in [0.25, 0.3) is 6.08 Å². The van der Waals surface area contributed by atoms with Crippen LogP contribution in [0.4, 0.5) is 14.5 Å². The number of thiophene rings is 2. The molecule has 2 nitrogen and oxygen atoms in total. The van der Waals surface area contributed by atoms with E-state index in [2.05, 4.69) is 5.43 Å². The van der Waals surface area contributed by atoms with Crippen LogP contribution in [-0.2, 0) is 0 Å². The molecule has 0 bridgehead atoms. The van der Waals surface area contributed by atoms with Gasteiger partial charge in [0.15, 0.2) is 5.82 Å². The molecule has 0 fully saturated rings. The fraction of sp³-hybridized carbons (Fsp3) is 0.0526.